The number of nitrogens with zero attached hydrogens (tertiary/aromatic N) is 2. The van der Waals surface area contributed by atoms with Gasteiger partial charge in [-0.3, -0.25) is 9.79 Å². The van der Waals surface area contributed by atoms with E-state index in [0.29, 0.717) is 10.6 Å². The average molecular weight is 373 g/mol. The highest BCUT2D eigenvalue weighted by Crippen LogP contribution is 2.37. The summed E-state index contributed by atoms with van der Waals surface area (Å²) in [5, 5.41) is 0.0883. The first-order chi connectivity index (χ1) is 12.6. The van der Waals surface area contributed by atoms with Gasteiger partial charge in [0, 0.05) is 22.2 Å². The predicted octanol–water partition coefficient (Wildman–Crippen LogP) is 3.95. The lowest BCUT2D eigenvalue weighted by Gasteiger charge is -2.19. The van der Waals surface area contributed by atoms with Crippen molar-refractivity contribution >= 4 is 40.5 Å². The van der Waals surface area contributed by atoms with Crippen molar-refractivity contribution in [2.24, 2.45) is 4.99 Å². The highest BCUT2D eigenvalue weighted by Gasteiger charge is 2.27. The first-order valence-electron chi connectivity index (χ1n) is 8.35. The van der Waals surface area contributed by atoms with E-state index in [2.05, 4.69) is 4.99 Å². The molecule has 0 fully saturated rings. The molecule has 7 heteroatoms. The van der Waals surface area contributed by atoms with Gasteiger partial charge in [-0.2, -0.15) is 0 Å². The molecule has 0 atom stereocenters. The van der Waals surface area contributed by atoms with E-state index in [1.807, 2.05) is 0 Å². The number of likely N-dealkylation sites (N-methyl/N-ethyl adjacent to an activating group) is 1. The molecule has 3 rings (SSSR count). The molecular formula is C17H13Cl2FN2O2. The third-order valence-electron chi connectivity index (χ3n) is 3.60. The molecule has 0 saturated carbocycles. The van der Waals surface area contributed by atoms with Crippen molar-refractivity contribution in [1.82, 2.24) is 0 Å². The Kier molecular flexibility index (Phi) is 3.53. The van der Waals surface area contributed by atoms with Crippen LogP contribution in [0.1, 0.15) is 15.2 Å². The number of anilines is 1. The smallest absolute Gasteiger partial charge is 0.248 e. The fourth-order valence-electron chi connectivity index (χ4n) is 2.42. The Morgan fingerprint density at radius 1 is 1.33 bits per heavy atom. The zero-order valence-corrected chi connectivity index (χ0v) is 14.0. The van der Waals surface area contributed by atoms with E-state index in [1.165, 1.54) is 37.4 Å². The standard InChI is InChI=1S/C17H13Cl2FN2O2/c1-22-13-6-4-11(18)16(19)15(13)17(21-8-14(22)23)10-7-9(24-2)3-5-12(10)20/h3-7H,8H2,1-2H3/i1T3. The van der Waals surface area contributed by atoms with Gasteiger partial charge in [-0.05, 0) is 30.3 Å². The van der Waals surface area contributed by atoms with Crippen LogP contribution in [0.4, 0.5) is 10.1 Å². The number of methoxy groups -OCH3 is 1. The van der Waals surface area contributed by atoms with Crippen LogP contribution < -0.4 is 9.64 Å². The molecule has 2 aromatic rings. The number of benzene rings is 2. The molecule has 0 N–H and O–H groups in total. The number of carbonyl (C=O) groups excluding carboxylic acids is 1. The lowest BCUT2D eigenvalue weighted by Crippen LogP contribution is -2.27. The number of hydrogen-bond acceptors (Lipinski definition) is 3. The molecule has 0 spiro atoms. The third-order valence-corrected chi connectivity index (χ3v) is 4.41. The fraction of sp³-hybridized carbons (Fsp3) is 0.176. The van der Waals surface area contributed by atoms with E-state index in [0.717, 1.165) is 0 Å². The highest BCUT2D eigenvalue weighted by atomic mass is 35.5. The van der Waals surface area contributed by atoms with Crippen LogP contribution in [-0.4, -0.2) is 32.2 Å². The monoisotopic (exact) mass is 372 g/mol. The van der Waals surface area contributed by atoms with Gasteiger partial charge in [0.25, 0.3) is 0 Å². The Bertz CT molecular complexity index is 964. The van der Waals surface area contributed by atoms with Crippen LogP contribution in [-0.2, 0) is 4.79 Å². The van der Waals surface area contributed by atoms with Crippen molar-refractivity contribution in [3.63, 3.8) is 0 Å². The van der Waals surface area contributed by atoms with Crippen LogP contribution in [0.25, 0.3) is 0 Å². The normalized spacial score (nSPS) is 16.5. The largest absolute Gasteiger partial charge is 0.497 e. The first kappa shape index (κ1) is 13.2. The lowest BCUT2D eigenvalue weighted by molar-refractivity contribution is -0.116. The van der Waals surface area contributed by atoms with Gasteiger partial charge >= 0.3 is 0 Å². The number of fused-ring (bicyclic) bond motifs is 1. The molecule has 24 heavy (non-hydrogen) atoms. The predicted molar refractivity (Wildman–Crippen MR) is 93.3 cm³/mol. The van der Waals surface area contributed by atoms with E-state index < -0.39 is 25.2 Å². The summed E-state index contributed by atoms with van der Waals surface area (Å²) in [5.74, 6) is -1.05. The molecule has 0 saturated heterocycles. The molecule has 1 heterocycles. The van der Waals surface area contributed by atoms with Crippen molar-refractivity contribution < 1.29 is 18.0 Å². The van der Waals surface area contributed by atoms with E-state index in [9.17, 15) is 9.18 Å². The van der Waals surface area contributed by atoms with Crippen molar-refractivity contribution in [3.05, 3.63) is 57.3 Å². The van der Waals surface area contributed by atoms with E-state index in [-0.39, 0.29) is 32.6 Å². The van der Waals surface area contributed by atoms with Crippen LogP contribution in [0.5, 0.6) is 5.75 Å². The number of ether oxygens (including phenoxy) is 1. The number of amides is 1. The summed E-state index contributed by atoms with van der Waals surface area (Å²) >= 11 is 12.4. The Balaban J connectivity index is 2.35. The van der Waals surface area contributed by atoms with Crippen molar-refractivity contribution in [1.29, 1.82) is 0 Å². The van der Waals surface area contributed by atoms with Crippen LogP contribution >= 0.6 is 23.2 Å². The fourth-order valence-corrected chi connectivity index (χ4v) is 2.82. The van der Waals surface area contributed by atoms with Crippen LogP contribution in [0.3, 0.4) is 0 Å². The zero-order valence-electron chi connectivity index (χ0n) is 15.4. The molecule has 4 nitrogen and oxygen atoms in total. The summed E-state index contributed by atoms with van der Waals surface area (Å²) in [7, 11) is 1.42. The highest BCUT2D eigenvalue weighted by molar-refractivity contribution is 6.45. The van der Waals surface area contributed by atoms with Crippen LogP contribution in [0, 0.1) is 5.82 Å². The van der Waals surface area contributed by atoms with Gasteiger partial charge in [0.05, 0.1) is 28.6 Å². The minimum absolute atomic E-state index is 0.0139. The maximum Gasteiger partial charge on any atom is 0.248 e. The minimum Gasteiger partial charge on any atom is -0.497 e. The number of halogens is 3. The molecule has 0 aromatic heterocycles. The molecule has 124 valence electrons. The second kappa shape index (κ2) is 6.42. The van der Waals surface area contributed by atoms with Gasteiger partial charge in [0.15, 0.2) is 0 Å². The maximum atomic E-state index is 14.6. The molecule has 0 unspecified atom stereocenters. The summed E-state index contributed by atoms with van der Waals surface area (Å²) in [6.07, 6.45) is 0. The molecule has 0 bridgehead atoms. The second-order valence-corrected chi connectivity index (χ2v) is 5.78. The SMILES string of the molecule is [3H]C([3H])([3H])N1C(=O)CN=C(c2cc(OC)ccc2F)c2c1ccc(Cl)c2Cl. The van der Waals surface area contributed by atoms with Crippen molar-refractivity contribution in [3.8, 4) is 5.75 Å². The van der Waals surface area contributed by atoms with Gasteiger partial charge in [-0.15, -0.1) is 0 Å². The summed E-state index contributed by atoms with van der Waals surface area (Å²) in [6, 6.07) is 6.73. The Morgan fingerprint density at radius 2 is 2.12 bits per heavy atom. The first-order valence-corrected chi connectivity index (χ1v) is 7.60. The van der Waals surface area contributed by atoms with E-state index >= 15 is 0 Å². The Hall–Kier alpha value is -2.11. The van der Waals surface area contributed by atoms with Crippen molar-refractivity contribution in [2.75, 3.05) is 25.5 Å². The van der Waals surface area contributed by atoms with Gasteiger partial charge in [-0.1, -0.05) is 23.2 Å². The van der Waals surface area contributed by atoms with E-state index in [1.54, 1.807) is 0 Å². The number of aliphatic imine (C=N–C) groups is 1. The van der Waals surface area contributed by atoms with Gasteiger partial charge in [0.2, 0.25) is 5.91 Å². The number of rotatable bonds is 2. The Labute approximate surface area is 152 Å². The molecule has 1 amide bonds. The number of hydrogen-bond donors (Lipinski definition) is 0. The zero-order chi connectivity index (χ0) is 19.9. The third kappa shape index (κ3) is 2.74. The van der Waals surface area contributed by atoms with Crippen LogP contribution in [0.15, 0.2) is 35.3 Å². The molecule has 0 radical (unpaired) electrons. The summed E-state index contributed by atoms with van der Waals surface area (Å²) in [5.41, 5.74) is 0.0834. The summed E-state index contributed by atoms with van der Waals surface area (Å²) in [6.45, 7) is -3.27. The number of carbonyl (C=O) groups is 1. The summed E-state index contributed by atoms with van der Waals surface area (Å²) in [4.78, 5) is 17.2. The van der Waals surface area contributed by atoms with Gasteiger partial charge in [0.1, 0.15) is 18.1 Å². The quantitative estimate of drug-likeness (QED) is 0.800. The second-order valence-electron chi connectivity index (χ2n) is 5.00. The van der Waals surface area contributed by atoms with Crippen molar-refractivity contribution in [2.45, 2.75) is 0 Å². The molecule has 2 aromatic carbocycles. The summed E-state index contributed by atoms with van der Waals surface area (Å²) < 4.78 is 42.8. The average Bonchev–Trinajstić information content (AvgIpc) is 2.75. The van der Waals surface area contributed by atoms with Gasteiger partial charge in [-0.25, -0.2) is 4.39 Å². The lowest BCUT2D eigenvalue weighted by atomic mass is 9.99. The number of benzodiazepines with no additional fused rings is 1. The molecular weight excluding hydrogens is 354 g/mol. The Morgan fingerprint density at radius 3 is 2.83 bits per heavy atom. The minimum atomic E-state index is -2.78. The van der Waals surface area contributed by atoms with Gasteiger partial charge < -0.3 is 9.64 Å². The van der Waals surface area contributed by atoms with Crippen LogP contribution in [0.2, 0.25) is 10.0 Å². The molecule has 0 aliphatic carbocycles. The maximum absolute atomic E-state index is 14.6. The topological polar surface area (TPSA) is 41.9 Å². The molecule has 1 aliphatic heterocycles. The molecule has 1 aliphatic rings. The van der Waals surface area contributed by atoms with E-state index in [4.69, 9.17) is 32.1 Å².